The summed E-state index contributed by atoms with van der Waals surface area (Å²) in [5, 5.41) is 6.20. The Labute approximate surface area is 105 Å². The first-order chi connectivity index (χ1) is 8.74. The second-order valence-electron chi connectivity index (χ2n) is 3.78. The summed E-state index contributed by atoms with van der Waals surface area (Å²) in [6.07, 6.45) is 2.30. The van der Waals surface area contributed by atoms with Gasteiger partial charge in [0, 0.05) is 18.3 Å². The number of halogens is 1. The Morgan fingerprint density at radius 3 is 2.39 bits per heavy atom. The van der Waals surface area contributed by atoms with Crippen LogP contribution in [0.25, 0.3) is 0 Å². The number of anilines is 3. The molecule has 2 aromatic rings. The quantitative estimate of drug-likeness (QED) is 0.870. The number of nitrogens with zero attached hydrogens (tertiary/aromatic N) is 2. The van der Waals surface area contributed by atoms with Crippen molar-refractivity contribution in [2.75, 3.05) is 17.7 Å². The van der Waals surface area contributed by atoms with E-state index >= 15 is 0 Å². The van der Waals surface area contributed by atoms with Gasteiger partial charge in [-0.25, -0.2) is 14.4 Å². The lowest BCUT2D eigenvalue weighted by atomic mass is 10.2. The Bertz CT molecular complexity index is 525. The highest BCUT2D eigenvalue weighted by molar-refractivity contribution is 5.64. The highest BCUT2D eigenvalue weighted by atomic mass is 19.1. The highest BCUT2D eigenvalue weighted by Gasteiger charge is 2.08. The van der Waals surface area contributed by atoms with Crippen molar-refractivity contribution in [1.82, 2.24) is 9.97 Å². The average molecular weight is 246 g/mol. The lowest BCUT2D eigenvalue weighted by Gasteiger charge is -2.12. The van der Waals surface area contributed by atoms with Gasteiger partial charge in [0.15, 0.2) is 0 Å². The Balaban J connectivity index is 2.31. The van der Waals surface area contributed by atoms with Gasteiger partial charge >= 0.3 is 0 Å². The van der Waals surface area contributed by atoms with Crippen LogP contribution in [0, 0.1) is 5.82 Å². The third-order valence-electron chi connectivity index (χ3n) is 2.64. The molecule has 4 nitrogen and oxygen atoms in total. The van der Waals surface area contributed by atoms with Crippen LogP contribution in [0.15, 0.2) is 30.6 Å². The molecular formula is C13H15FN4. The largest absolute Gasteiger partial charge is 0.373 e. The molecule has 0 saturated heterocycles. The molecule has 2 rings (SSSR count). The molecule has 94 valence electrons. The Morgan fingerprint density at radius 1 is 1.11 bits per heavy atom. The molecule has 5 heteroatoms. The Hall–Kier alpha value is -2.17. The summed E-state index contributed by atoms with van der Waals surface area (Å²) in [4.78, 5) is 8.38. The van der Waals surface area contributed by atoms with Gasteiger partial charge < -0.3 is 10.6 Å². The predicted octanol–water partition coefficient (Wildman–Crippen LogP) is 2.96. The predicted molar refractivity (Wildman–Crippen MR) is 70.6 cm³/mol. The van der Waals surface area contributed by atoms with Crippen molar-refractivity contribution in [3.05, 3.63) is 42.0 Å². The number of benzene rings is 1. The normalized spacial score (nSPS) is 10.2. The summed E-state index contributed by atoms with van der Waals surface area (Å²) in [6, 6.07) is 6.17. The Kier molecular flexibility index (Phi) is 3.72. The first-order valence-corrected chi connectivity index (χ1v) is 5.78. The SMILES string of the molecule is CCc1c(NC)ncnc1Nc1ccc(F)cc1. The van der Waals surface area contributed by atoms with Gasteiger partial charge in [-0.05, 0) is 30.7 Å². The summed E-state index contributed by atoms with van der Waals surface area (Å²) in [5.41, 5.74) is 1.80. The molecule has 0 aliphatic rings. The molecule has 0 aliphatic carbocycles. The molecule has 0 saturated carbocycles. The van der Waals surface area contributed by atoms with Crippen LogP contribution in [0.1, 0.15) is 12.5 Å². The second-order valence-corrected chi connectivity index (χ2v) is 3.78. The number of nitrogens with one attached hydrogen (secondary N) is 2. The molecular weight excluding hydrogens is 231 g/mol. The number of aromatic nitrogens is 2. The van der Waals surface area contributed by atoms with Crippen LogP contribution in [-0.4, -0.2) is 17.0 Å². The summed E-state index contributed by atoms with van der Waals surface area (Å²) in [5.74, 6) is 1.29. The fourth-order valence-electron chi connectivity index (χ4n) is 1.74. The van der Waals surface area contributed by atoms with Crippen LogP contribution in [0.4, 0.5) is 21.7 Å². The maximum Gasteiger partial charge on any atom is 0.139 e. The van der Waals surface area contributed by atoms with Gasteiger partial charge in [0.2, 0.25) is 0 Å². The summed E-state index contributed by atoms with van der Waals surface area (Å²) in [7, 11) is 1.82. The van der Waals surface area contributed by atoms with Crippen LogP contribution >= 0.6 is 0 Å². The van der Waals surface area contributed by atoms with E-state index in [0.717, 1.165) is 29.3 Å². The van der Waals surface area contributed by atoms with E-state index in [4.69, 9.17) is 0 Å². The van der Waals surface area contributed by atoms with Gasteiger partial charge in [0.1, 0.15) is 23.8 Å². The topological polar surface area (TPSA) is 49.8 Å². The number of rotatable bonds is 4. The van der Waals surface area contributed by atoms with E-state index in [1.54, 1.807) is 12.1 Å². The van der Waals surface area contributed by atoms with Crippen LogP contribution in [-0.2, 0) is 6.42 Å². The lowest BCUT2D eigenvalue weighted by Crippen LogP contribution is -2.04. The van der Waals surface area contributed by atoms with Crippen molar-refractivity contribution in [1.29, 1.82) is 0 Å². The van der Waals surface area contributed by atoms with E-state index in [0.29, 0.717) is 0 Å². The third-order valence-corrected chi connectivity index (χ3v) is 2.64. The fraction of sp³-hybridized carbons (Fsp3) is 0.231. The van der Waals surface area contributed by atoms with Crippen molar-refractivity contribution in [2.45, 2.75) is 13.3 Å². The third kappa shape index (κ3) is 2.56. The van der Waals surface area contributed by atoms with E-state index < -0.39 is 0 Å². The standard InChI is InChI=1S/C13H15FN4/c1-3-11-12(15-2)16-8-17-13(11)18-10-6-4-9(14)5-7-10/h4-8H,3H2,1-2H3,(H2,15,16,17,18). The minimum Gasteiger partial charge on any atom is -0.373 e. The number of hydrogen-bond donors (Lipinski definition) is 2. The van der Waals surface area contributed by atoms with Crippen LogP contribution in [0.2, 0.25) is 0 Å². The zero-order chi connectivity index (χ0) is 13.0. The highest BCUT2D eigenvalue weighted by Crippen LogP contribution is 2.23. The molecule has 18 heavy (non-hydrogen) atoms. The smallest absolute Gasteiger partial charge is 0.139 e. The van der Waals surface area contributed by atoms with Crippen LogP contribution in [0.3, 0.4) is 0 Å². The van der Waals surface area contributed by atoms with Gasteiger partial charge in [-0.1, -0.05) is 6.92 Å². The van der Waals surface area contributed by atoms with E-state index in [2.05, 4.69) is 20.6 Å². The van der Waals surface area contributed by atoms with Crippen molar-refractivity contribution >= 4 is 17.3 Å². The number of hydrogen-bond acceptors (Lipinski definition) is 4. The molecule has 0 amide bonds. The molecule has 0 radical (unpaired) electrons. The molecule has 0 unspecified atom stereocenters. The summed E-state index contributed by atoms with van der Waals surface area (Å²) in [6.45, 7) is 2.04. The van der Waals surface area contributed by atoms with E-state index in [9.17, 15) is 4.39 Å². The van der Waals surface area contributed by atoms with E-state index in [-0.39, 0.29) is 5.82 Å². The maximum absolute atomic E-state index is 12.8. The van der Waals surface area contributed by atoms with E-state index in [1.165, 1.54) is 18.5 Å². The van der Waals surface area contributed by atoms with Gasteiger partial charge in [0.05, 0.1) is 0 Å². The zero-order valence-corrected chi connectivity index (χ0v) is 10.4. The minimum absolute atomic E-state index is 0.255. The lowest BCUT2D eigenvalue weighted by molar-refractivity contribution is 0.628. The van der Waals surface area contributed by atoms with Crippen LogP contribution in [0.5, 0.6) is 0 Å². The van der Waals surface area contributed by atoms with Crippen LogP contribution < -0.4 is 10.6 Å². The monoisotopic (exact) mass is 246 g/mol. The van der Waals surface area contributed by atoms with Crippen molar-refractivity contribution in [3.63, 3.8) is 0 Å². The first kappa shape index (κ1) is 12.3. The van der Waals surface area contributed by atoms with Crippen molar-refractivity contribution in [3.8, 4) is 0 Å². The molecule has 0 spiro atoms. The second kappa shape index (κ2) is 5.44. The van der Waals surface area contributed by atoms with Gasteiger partial charge in [-0.3, -0.25) is 0 Å². The zero-order valence-electron chi connectivity index (χ0n) is 10.4. The molecule has 1 aromatic carbocycles. The Morgan fingerprint density at radius 2 is 1.78 bits per heavy atom. The summed E-state index contributed by atoms with van der Waals surface area (Å²) >= 11 is 0. The first-order valence-electron chi connectivity index (χ1n) is 5.78. The van der Waals surface area contributed by atoms with Crippen molar-refractivity contribution in [2.24, 2.45) is 0 Å². The molecule has 1 aromatic heterocycles. The molecule has 1 heterocycles. The van der Waals surface area contributed by atoms with Gasteiger partial charge in [0.25, 0.3) is 0 Å². The van der Waals surface area contributed by atoms with Gasteiger partial charge in [-0.2, -0.15) is 0 Å². The average Bonchev–Trinajstić information content (AvgIpc) is 2.41. The fourth-order valence-corrected chi connectivity index (χ4v) is 1.74. The molecule has 0 aliphatic heterocycles. The van der Waals surface area contributed by atoms with E-state index in [1.807, 2.05) is 14.0 Å². The minimum atomic E-state index is -0.255. The molecule has 0 bridgehead atoms. The molecule has 2 N–H and O–H groups in total. The molecule has 0 atom stereocenters. The van der Waals surface area contributed by atoms with Crippen molar-refractivity contribution < 1.29 is 4.39 Å². The summed E-state index contributed by atoms with van der Waals surface area (Å²) < 4.78 is 12.8. The molecule has 0 fully saturated rings. The maximum atomic E-state index is 12.8. The van der Waals surface area contributed by atoms with Gasteiger partial charge in [-0.15, -0.1) is 0 Å².